The summed E-state index contributed by atoms with van der Waals surface area (Å²) in [5, 5.41) is 2.20. The lowest BCUT2D eigenvalue weighted by Gasteiger charge is -2.01. The van der Waals surface area contributed by atoms with Gasteiger partial charge in [-0.15, -0.1) is 0 Å². The van der Waals surface area contributed by atoms with E-state index in [1.165, 1.54) is 6.07 Å². The summed E-state index contributed by atoms with van der Waals surface area (Å²) in [6.45, 7) is -0.188. The number of rotatable bonds is 3. The van der Waals surface area contributed by atoms with E-state index in [-0.39, 0.29) is 12.5 Å². The van der Waals surface area contributed by atoms with Crippen LogP contribution in [0.25, 0.3) is 0 Å². The lowest BCUT2D eigenvalue weighted by atomic mass is 10.2. The van der Waals surface area contributed by atoms with Gasteiger partial charge in [0.15, 0.2) is 0 Å². The minimum Gasteiger partial charge on any atom is -0.344 e. The molecule has 14 heavy (non-hydrogen) atoms. The quantitative estimate of drug-likeness (QED) is 0.808. The van der Waals surface area contributed by atoms with Crippen molar-refractivity contribution in [2.75, 3.05) is 6.54 Å². The van der Waals surface area contributed by atoms with E-state index >= 15 is 0 Å². The first kappa shape index (κ1) is 11.0. The number of carbonyl (C=O) groups excluding carboxylic acids is 2. The number of hydrogen-bond donors (Lipinski definition) is 1. The summed E-state index contributed by atoms with van der Waals surface area (Å²) >= 11 is 10.7. The molecule has 74 valence electrons. The van der Waals surface area contributed by atoms with Crippen LogP contribution in [0.15, 0.2) is 24.3 Å². The van der Waals surface area contributed by atoms with Crippen molar-refractivity contribution in [3.05, 3.63) is 34.9 Å². The lowest BCUT2D eigenvalue weighted by molar-refractivity contribution is -0.110. The van der Waals surface area contributed by atoms with Gasteiger partial charge in [-0.1, -0.05) is 17.7 Å². The third-order valence-corrected chi connectivity index (χ3v) is 1.84. The Morgan fingerprint density at radius 2 is 2.07 bits per heavy atom. The van der Waals surface area contributed by atoms with Gasteiger partial charge in [-0.3, -0.25) is 9.59 Å². The summed E-state index contributed by atoms with van der Waals surface area (Å²) in [6, 6.07) is 6.42. The predicted octanol–water partition coefficient (Wildman–Crippen LogP) is 1.84. The molecule has 0 aliphatic rings. The van der Waals surface area contributed by atoms with Crippen LogP contribution in [0.2, 0.25) is 5.02 Å². The SMILES string of the molecule is O=C(Cl)CNC(=O)c1cccc(Cl)c1. The van der Waals surface area contributed by atoms with Crippen molar-refractivity contribution in [2.45, 2.75) is 0 Å². The molecule has 1 amide bonds. The van der Waals surface area contributed by atoms with Crippen LogP contribution in [0.3, 0.4) is 0 Å². The molecule has 0 atom stereocenters. The number of amides is 1. The van der Waals surface area contributed by atoms with E-state index in [0.717, 1.165) is 0 Å². The molecule has 0 radical (unpaired) electrons. The molecule has 0 heterocycles. The van der Waals surface area contributed by atoms with Gasteiger partial charge in [0.1, 0.15) is 0 Å². The number of carbonyl (C=O) groups is 2. The number of hydrogen-bond acceptors (Lipinski definition) is 2. The van der Waals surface area contributed by atoms with Crippen LogP contribution in [0.1, 0.15) is 10.4 Å². The van der Waals surface area contributed by atoms with Crippen molar-refractivity contribution in [1.82, 2.24) is 5.32 Å². The second-order valence-corrected chi connectivity index (χ2v) is 3.41. The molecule has 5 heteroatoms. The van der Waals surface area contributed by atoms with Gasteiger partial charge in [-0.25, -0.2) is 0 Å². The predicted molar refractivity (Wildman–Crippen MR) is 54.6 cm³/mol. The largest absolute Gasteiger partial charge is 0.344 e. The van der Waals surface area contributed by atoms with Crippen molar-refractivity contribution >= 4 is 34.4 Å². The van der Waals surface area contributed by atoms with Crippen LogP contribution in [-0.4, -0.2) is 17.7 Å². The Bertz CT molecular complexity index is 366. The summed E-state index contributed by atoms with van der Waals surface area (Å²) in [6.07, 6.45) is 0. The first-order chi connectivity index (χ1) is 6.59. The highest BCUT2D eigenvalue weighted by Crippen LogP contribution is 2.10. The standard InChI is InChI=1S/C9H7Cl2NO2/c10-7-3-1-2-6(4-7)9(14)12-5-8(11)13/h1-4H,5H2,(H,12,14). The van der Waals surface area contributed by atoms with Gasteiger partial charge in [0.05, 0.1) is 6.54 Å². The van der Waals surface area contributed by atoms with E-state index in [0.29, 0.717) is 10.6 Å². The molecule has 1 aromatic rings. The van der Waals surface area contributed by atoms with Crippen molar-refractivity contribution in [2.24, 2.45) is 0 Å². The Hall–Kier alpha value is -1.06. The Morgan fingerprint density at radius 3 is 2.64 bits per heavy atom. The Kier molecular flexibility index (Phi) is 3.92. The molecule has 0 aliphatic heterocycles. The third kappa shape index (κ3) is 3.36. The topological polar surface area (TPSA) is 46.2 Å². The molecular formula is C9H7Cl2NO2. The number of benzene rings is 1. The first-order valence-corrected chi connectivity index (χ1v) is 4.57. The van der Waals surface area contributed by atoms with Gasteiger partial charge < -0.3 is 5.32 Å². The highest BCUT2D eigenvalue weighted by Gasteiger charge is 2.06. The van der Waals surface area contributed by atoms with Crippen LogP contribution in [-0.2, 0) is 4.79 Å². The molecule has 0 bridgehead atoms. The summed E-state index contributed by atoms with van der Waals surface area (Å²) in [7, 11) is 0. The molecule has 1 N–H and O–H groups in total. The van der Waals surface area contributed by atoms with Gasteiger partial charge >= 0.3 is 0 Å². The normalized spacial score (nSPS) is 9.57. The second kappa shape index (κ2) is 4.98. The van der Waals surface area contributed by atoms with Gasteiger partial charge in [0.25, 0.3) is 5.91 Å². The van der Waals surface area contributed by atoms with Crippen LogP contribution in [0.5, 0.6) is 0 Å². The van der Waals surface area contributed by atoms with E-state index in [2.05, 4.69) is 5.32 Å². The maximum Gasteiger partial charge on any atom is 0.251 e. The summed E-state index contributed by atoms with van der Waals surface area (Å²) in [5.74, 6) is -0.374. The minimum atomic E-state index is -0.611. The van der Waals surface area contributed by atoms with Crippen LogP contribution < -0.4 is 5.32 Å². The number of halogens is 2. The zero-order valence-corrected chi connectivity index (χ0v) is 8.60. The first-order valence-electron chi connectivity index (χ1n) is 3.81. The molecular weight excluding hydrogens is 225 g/mol. The molecule has 0 saturated carbocycles. The van der Waals surface area contributed by atoms with Crippen LogP contribution >= 0.6 is 23.2 Å². The summed E-state index contributed by atoms with van der Waals surface area (Å²) in [5.41, 5.74) is 0.399. The molecule has 3 nitrogen and oxygen atoms in total. The highest BCUT2D eigenvalue weighted by molar-refractivity contribution is 6.64. The van der Waals surface area contributed by atoms with Crippen molar-refractivity contribution in [3.8, 4) is 0 Å². The smallest absolute Gasteiger partial charge is 0.251 e. The fraction of sp³-hybridized carbons (Fsp3) is 0.111. The van der Waals surface area contributed by atoms with E-state index in [9.17, 15) is 9.59 Å². The van der Waals surface area contributed by atoms with Crippen molar-refractivity contribution < 1.29 is 9.59 Å². The minimum absolute atomic E-state index is 0.188. The molecule has 0 unspecified atom stereocenters. The Labute approximate surface area is 91.0 Å². The molecule has 0 spiro atoms. The van der Waals surface area contributed by atoms with Crippen molar-refractivity contribution in [1.29, 1.82) is 0 Å². The fourth-order valence-electron chi connectivity index (χ4n) is 0.882. The van der Waals surface area contributed by atoms with Gasteiger partial charge in [0, 0.05) is 10.6 Å². The zero-order chi connectivity index (χ0) is 10.6. The zero-order valence-electron chi connectivity index (χ0n) is 7.09. The van der Waals surface area contributed by atoms with Gasteiger partial charge in [-0.05, 0) is 29.8 Å². The molecule has 1 rings (SSSR count). The molecule has 0 fully saturated rings. The van der Waals surface area contributed by atoms with Gasteiger partial charge in [-0.2, -0.15) is 0 Å². The summed E-state index contributed by atoms with van der Waals surface area (Å²) in [4.78, 5) is 21.7. The molecule has 0 aliphatic carbocycles. The van der Waals surface area contributed by atoms with E-state index in [1.807, 2.05) is 0 Å². The van der Waals surface area contributed by atoms with E-state index < -0.39 is 5.24 Å². The third-order valence-electron chi connectivity index (χ3n) is 1.47. The number of nitrogens with one attached hydrogen (secondary N) is 1. The van der Waals surface area contributed by atoms with Gasteiger partial charge in [0.2, 0.25) is 5.24 Å². The second-order valence-electron chi connectivity index (χ2n) is 2.55. The summed E-state index contributed by atoms with van der Waals surface area (Å²) < 4.78 is 0. The highest BCUT2D eigenvalue weighted by atomic mass is 35.5. The van der Waals surface area contributed by atoms with Crippen molar-refractivity contribution in [3.63, 3.8) is 0 Å². The maximum atomic E-state index is 11.3. The van der Waals surface area contributed by atoms with Crippen LogP contribution in [0.4, 0.5) is 0 Å². The monoisotopic (exact) mass is 231 g/mol. The fourth-order valence-corrected chi connectivity index (χ4v) is 1.14. The molecule has 1 aromatic carbocycles. The molecule has 0 saturated heterocycles. The maximum absolute atomic E-state index is 11.3. The lowest BCUT2D eigenvalue weighted by Crippen LogP contribution is -2.27. The van der Waals surface area contributed by atoms with Crippen LogP contribution in [0, 0.1) is 0 Å². The Balaban J connectivity index is 2.65. The van der Waals surface area contributed by atoms with E-state index in [4.69, 9.17) is 23.2 Å². The van der Waals surface area contributed by atoms with E-state index in [1.54, 1.807) is 18.2 Å². The molecule has 0 aromatic heterocycles. The Morgan fingerprint density at radius 1 is 1.36 bits per heavy atom. The average Bonchev–Trinajstić information content (AvgIpc) is 2.14. The average molecular weight is 232 g/mol.